The van der Waals surface area contributed by atoms with Crippen molar-refractivity contribution in [2.24, 2.45) is 0 Å². The number of amides is 1. The zero-order valence-electron chi connectivity index (χ0n) is 19.7. The fourth-order valence-electron chi connectivity index (χ4n) is 3.66. The lowest BCUT2D eigenvalue weighted by Crippen LogP contribution is -2.47. The van der Waals surface area contributed by atoms with Crippen molar-refractivity contribution in [3.05, 3.63) is 0 Å². The van der Waals surface area contributed by atoms with Crippen LogP contribution in [0.5, 0.6) is 0 Å². The molecule has 1 N–H and O–H groups in total. The van der Waals surface area contributed by atoms with Crippen LogP contribution in [0.1, 0.15) is 27.7 Å². The highest BCUT2D eigenvalue weighted by atomic mass is 32.2. The lowest BCUT2D eigenvalue weighted by atomic mass is 10.1. The van der Waals surface area contributed by atoms with Crippen LogP contribution in [0, 0.1) is 0 Å². The summed E-state index contributed by atoms with van der Waals surface area (Å²) in [6.45, 7) is 5.07. The second-order valence-electron chi connectivity index (χ2n) is 7.63. The fourth-order valence-corrected chi connectivity index (χ4v) is 4.02. The first-order valence-electron chi connectivity index (χ1n) is 10.4. The van der Waals surface area contributed by atoms with Crippen molar-refractivity contribution in [2.75, 3.05) is 41.7 Å². The van der Waals surface area contributed by atoms with Crippen LogP contribution in [0.4, 0.5) is 17.3 Å². The molecule has 1 amide bonds. The van der Waals surface area contributed by atoms with Gasteiger partial charge in [-0.25, -0.2) is 9.97 Å². The number of rotatable bonds is 7. The third-order valence-electron chi connectivity index (χ3n) is 5.17. The molecular weight excluding hydrogens is 470 g/mol. The van der Waals surface area contributed by atoms with Crippen molar-refractivity contribution in [3.8, 4) is 0 Å². The molecular formula is C20H27N5O8S. The van der Waals surface area contributed by atoms with E-state index in [1.54, 1.807) is 18.2 Å². The first-order chi connectivity index (χ1) is 16.0. The van der Waals surface area contributed by atoms with Crippen molar-refractivity contribution in [3.63, 3.8) is 0 Å². The zero-order valence-corrected chi connectivity index (χ0v) is 20.5. The molecule has 4 atom stereocenters. The largest absolute Gasteiger partial charge is 0.463 e. The molecule has 3 rings (SSSR count). The molecule has 34 heavy (non-hydrogen) atoms. The number of aromatic nitrogens is 2. The van der Waals surface area contributed by atoms with E-state index in [9.17, 15) is 19.2 Å². The van der Waals surface area contributed by atoms with Gasteiger partial charge in [0.15, 0.2) is 35.2 Å². The monoisotopic (exact) mass is 497 g/mol. The number of ether oxygens (including phenoxy) is 4. The summed E-state index contributed by atoms with van der Waals surface area (Å²) in [7, 11) is 1.60. The fraction of sp³-hybridized carbons (Fsp3) is 0.600. The Hall–Kier alpha value is -3.13. The second-order valence-corrected chi connectivity index (χ2v) is 8.40. The van der Waals surface area contributed by atoms with Gasteiger partial charge in [-0.3, -0.25) is 24.1 Å². The molecule has 1 fully saturated rings. The lowest BCUT2D eigenvalue weighted by Gasteiger charge is -2.29. The van der Waals surface area contributed by atoms with Gasteiger partial charge in [0.25, 0.3) is 0 Å². The number of carbonyl (C=O) groups is 4. The molecule has 2 aliphatic rings. The summed E-state index contributed by atoms with van der Waals surface area (Å²) in [6, 6.07) is 0. The molecule has 13 nitrogen and oxygen atoms in total. The van der Waals surface area contributed by atoms with Crippen molar-refractivity contribution in [1.29, 1.82) is 0 Å². The van der Waals surface area contributed by atoms with Gasteiger partial charge in [0.2, 0.25) is 5.91 Å². The average molecular weight is 498 g/mol. The normalized spacial score (nSPS) is 23.1. The van der Waals surface area contributed by atoms with Crippen LogP contribution in [0.2, 0.25) is 0 Å². The van der Waals surface area contributed by atoms with Gasteiger partial charge in [0.1, 0.15) is 18.4 Å². The number of anilines is 3. The molecule has 2 aliphatic heterocycles. The topological polar surface area (TPSA) is 149 Å². The van der Waals surface area contributed by atoms with E-state index in [4.69, 9.17) is 18.9 Å². The summed E-state index contributed by atoms with van der Waals surface area (Å²) in [6.07, 6.45) is -2.12. The summed E-state index contributed by atoms with van der Waals surface area (Å²) in [5.74, 6) is -1.20. The summed E-state index contributed by atoms with van der Waals surface area (Å²) in [5.41, 5.74) is 0.494. The molecule has 186 valence electrons. The minimum absolute atomic E-state index is 0.177. The van der Waals surface area contributed by atoms with Crippen LogP contribution in [0.15, 0.2) is 5.16 Å². The standard InChI is InChI=1S/C20H27N5O8S/c1-9(26)24(5)17-14-18(23-20(22-17)34-6)25(8-21-14)19-16(32-12(4)29)15(31-11(3)28)13(33-19)7-30-10(2)27/h13,15-16,19,21H,7-8H2,1-6H3/t13-,15-,16-,19-/m1/s1. The molecule has 0 radical (unpaired) electrons. The van der Waals surface area contributed by atoms with E-state index in [0.717, 1.165) is 0 Å². The number of hydrogen-bond acceptors (Lipinski definition) is 13. The second kappa shape index (κ2) is 10.4. The highest BCUT2D eigenvalue weighted by Crippen LogP contribution is 2.42. The number of carbonyl (C=O) groups excluding carboxylic acids is 4. The van der Waals surface area contributed by atoms with Crippen LogP contribution in [-0.2, 0) is 38.1 Å². The Morgan fingerprint density at radius 3 is 2.29 bits per heavy atom. The van der Waals surface area contributed by atoms with E-state index in [-0.39, 0.29) is 19.2 Å². The third kappa shape index (κ3) is 5.33. The summed E-state index contributed by atoms with van der Waals surface area (Å²) >= 11 is 1.29. The van der Waals surface area contributed by atoms with Crippen LogP contribution in [0.25, 0.3) is 0 Å². The Kier molecular flexibility index (Phi) is 7.82. The molecule has 1 aromatic heterocycles. The Morgan fingerprint density at radius 1 is 1.09 bits per heavy atom. The molecule has 0 unspecified atom stereocenters. The van der Waals surface area contributed by atoms with E-state index in [2.05, 4.69) is 15.3 Å². The zero-order chi connectivity index (χ0) is 25.2. The van der Waals surface area contributed by atoms with Crippen molar-refractivity contribution in [2.45, 2.75) is 57.4 Å². The van der Waals surface area contributed by atoms with E-state index in [1.807, 2.05) is 0 Å². The van der Waals surface area contributed by atoms with E-state index in [0.29, 0.717) is 22.5 Å². The van der Waals surface area contributed by atoms with Crippen LogP contribution in [0.3, 0.4) is 0 Å². The molecule has 0 saturated carbocycles. The maximum absolute atomic E-state index is 12.0. The molecule has 1 aromatic rings. The quantitative estimate of drug-likeness (QED) is 0.242. The molecule has 0 spiro atoms. The lowest BCUT2D eigenvalue weighted by molar-refractivity contribution is -0.165. The van der Waals surface area contributed by atoms with Gasteiger partial charge >= 0.3 is 17.9 Å². The smallest absolute Gasteiger partial charge is 0.303 e. The van der Waals surface area contributed by atoms with Gasteiger partial charge in [-0.1, -0.05) is 11.8 Å². The molecule has 0 bridgehead atoms. The number of hydrogen-bond donors (Lipinski definition) is 1. The van der Waals surface area contributed by atoms with Crippen molar-refractivity contribution < 1.29 is 38.1 Å². The average Bonchev–Trinajstić information content (AvgIpc) is 3.31. The molecule has 0 aromatic carbocycles. The Morgan fingerprint density at radius 2 is 1.74 bits per heavy atom. The summed E-state index contributed by atoms with van der Waals surface area (Å²) in [4.78, 5) is 59.2. The maximum atomic E-state index is 12.0. The Bertz CT molecular complexity index is 992. The van der Waals surface area contributed by atoms with Gasteiger partial charge in [-0.2, -0.15) is 0 Å². The van der Waals surface area contributed by atoms with Gasteiger partial charge < -0.3 is 29.2 Å². The van der Waals surface area contributed by atoms with Crippen LogP contribution < -0.4 is 15.1 Å². The van der Waals surface area contributed by atoms with Crippen molar-refractivity contribution in [1.82, 2.24) is 9.97 Å². The molecule has 1 saturated heterocycles. The van der Waals surface area contributed by atoms with Gasteiger partial charge in [0, 0.05) is 34.7 Å². The number of thioether (sulfide) groups is 1. The number of esters is 3. The van der Waals surface area contributed by atoms with Gasteiger partial charge in [-0.05, 0) is 6.26 Å². The molecule has 0 aliphatic carbocycles. The first-order valence-corrected chi connectivity index (χ1v) is 11.6. The number of fused-ring (bicyclic) bond motifs is 1. The van der Waals surface area contributed by atoms with Gasteiger partial charge in [-0.15, -0.1) is 0 Å². The predicted octanol–water partition coefficient (Wildman–Crippen LogP) is 0.522. The summed E-state index contributed by atoms with van der Waals surface area (Å²) in [5, 5.41) is 3.57. The van der Waals surface area contributed by atoms with E-state index >= 15 is 0 Å². The van der Waals surface area contributed by atoms with E-state index in [1.165, 1.54) is 44.4 Å². The number of nitrogens with one attached hydrogen (secondary N) is 1. The SMILES string of the molecule is CSc1nc(N(C)C(C)=O)c2c(n1)N([C@@H]1O[C@H](COC(C)=O)[C@@H](OC(C)=O)[C@H]1OC(C)=O)CN2. The summed E-state index contributed by atoms with van der Waals surface area (Å²) < 4.78 is 22.1. The van der Waals surface area contributed by atoms with Crippen LogP contribution >= 0.6 is 11.8 Å². The minimum Gasteiger partial charge on any atom is -0.463 e. The van der Waals surface area contributed by atoms with Crippen molar-refractivity contribution >= 4 is 52.9 Å². The first kappa shape index (κ1) is 25.5. The number of nitrogens with zero attached hydrogens (tertiary/aromatic N) is 4. The van der Waals surface area contributed by atoms with E-state index < -0.39 is 42.4 Å². The van der Waals surface area contributed by atoms with Crippen LogP contribution in [-0.4, -0.2) is 84.9 Å². The highest BCUT2D eigenvalue weighted by molar-refractivity contribution is 7.98. The molecule has 3 heterocycles. The minimum atomic E-state index is -1.05. The Balaban J connectivity index is 2.03. The molecule has 14 heteroatoms. The Labute approximate surface area is 200 Å². The maximum Gasteiger partial charge on any atom is 0.303 e. The van der Waals surface area contributed by atoms with Gasteiger partial charge in [0.05, 0.1) is 6.67 Å². The predicted molar refractivity (Wildman–Crippen MR) is 120 cm³/mol. The highest BCUT2D eigenvalue weighted by Gasteiger charge is 2.53. The third-order valence-corrected chi connectivity index (χ3v) is 5.72.